The van der Waals surface area contributed by atoms with Gasteiger partial charge in [-0.25, -0.2) is 4.68 Å². The first-order valence-electron chi connectivity index (χ1n) is 7.08. The highest BCUT2D eigenvalue weighted by molar-refractivity contribution is 6.42. The zero-order valence-electron chi connectivity index (χ0n) is 12.7. The van der Waals surface area contributed by atoms with E-state index in [0.717, 1.165) is 0 Å². The van der Waals surface area contributed by atoms with Gasteiger partial charge in [0.05, 0.1) is 31.2 Å². The summed E-state index contributed by atoms with van der Waals surface area (Å²) in [7, 11) is 0. The second-order valence-corrected chi connectivity index (χ2v) is 6.05. The van der Waals surface area contributed by atoms with Crippen molar-refractivity contribution in [3.05, 3.63) is 89.1 Å². The summed E-state index contributed by atoms with van der Waals surface area (Å²) in [5.41, 5.74) is 0.620. The fourth-order valence-corrected chi connectivity index (χ4v) is 2.64. The number of benzene rings is 2. The lowest BCUT2D eigenvalue weighted by molar-refractivity contribution is -0.384. The fourth-order valence-electron chi connectivity index (χ4n) is 2.35. The van der Waals surface area contributed by atoms with Gasteiger partial charge in [-0.15, -0.1) is 0 Å². The van der Waals surface area contributed by atoms with Crippen LogP contribution in [-0.2, 0) is 0 Å². The molecule has 1 aromatic heterocycles. The standard InChI is InChI=1S/C17H11Cl2N3O3/c1-10-14(8-11-3-2-4-13(7-11)22(24)25)17(23)21(20-10)12-5-6-15(18)16(19)9-12/h2-9,20H,1H2/b14-8-. The molecule has 0 fully saturated rings. The highest BCUT2D eigenvalue weighted by Gasteiger charge is 2.08. The van der Waals surface area contributed by atoms with E-state index in [0.29, 0.717) is 31.9 Å². The van der Waals surface area contributed by atoms with Gasteiger partial charge < -0.3 is 0 Å². The number of nitrogens with zero attached hydrogens (tertiary/aromatic N) is 2. The van der Waals surface area contributed by atoms with E-state index in [4.69, 9.17) is 23.2 Å². The minimum absolute atomic E-state index is 0.0558. The van der Waals surface area contributed by atoms with Gasteiger partial charge in [0.15, 0.2) is 0 Å². The molecule has 126 valence electrons. The van der Waals surface area contributed by atoms with Gasteiger partial charge in [0.25, 0.3) is 11.2 Å². The molecule has 0 saturated carbocycles. The molecule has 0 aliphatic carbocycles. The predicted molar refractivity (Wildman–Crippen MR) is 97.8 cm³/mol. The molecule has 0 aliphatic heterocycles. The average molecular weight is 376 g/mol. The molecule has 1 heterocycles. The quantitative estimate of drug-likeness (QED) is 0.564. The number of nitro benzene ring substituents is 1. The minimum atomic E-state index is -0.492. The average Bonchev–Trinajstić information content (AvgIpc) is 2.86. The van der Waals surface area contributed by atoms with E-state index in [1.165, 1.54) is 16.8 Å². The first-order chi connectivity index (χ1) is 11.9. The SMILES string of the molecule is C=c1[nH]n(-c2ccc(Cl)c(Cl)c2)c(=O)/c1=C\c1cccc([N+](=O)[O-])c1. The van der Waals surface area contributed by atoms with Crippen LogP contribution in [0.25, 0.3) is 18.3 Å². The summed E-state index contributed by atoms with van der Waals surface area (Å²) in [6.07, 6.45) is 1.54. The van der Waals surface area contributed by atoms with Crippen LogP contribution in [0, 0.1) is 10.1 Å². The molecule has 0 saturated heterocycles. The van der Waals surface area contributed by atoms with Crippen molar-refractivity contribution >= 4 is 41.5 Å². The van der Waals surface area contributed by atoms with Gasteiger partial charge in [-0.1, -0.05) is 41.9 Å². The third-order valence-corrected chi connectivity index (χ3v) is 4.30. The molecule has 3 aromatic rings. The van der Waals surface area contributed by atoms with Gasteiger partial charge >= 0.3 is 0 Å². The van der Waals surface area contributed by atoms with Crippen LogP contribution in [0.4, 0.5) is 5.69 Å². The summed E-state index contributed by atoms with van der Waals surface area (Å²) in [5.74, 6) is 0. The van der Waals surface area contributed by atoms with Gasteiger partial charge in [0.2, 0.25) is 0 Å². The molecule has 8 heteroatoms. The van der Waals surface area contributed by atoms with Crippen molar-refractivity contribution in [1.29, 1.82) is 0 Å². The van der Waals surface area contributed by atoms with Crippen molar-refractivity contribution in [2.24, 2.45) is 0 Å². The Hall–Kier alpha value is -2.83. The Kier molecular flexibility index (Phi) is 4.48. The fraction of sp³-hybridized carbons (Fsp3) is 0. The van der Waals surface area contributed by atoms with E-state index < -0.39 is 4.92 Å². The van der Waals surface area contributed by atoms with E-state index in [-0.39, 0.29) is 11.2 Å². The predicted octanol–water partition coefficient (Wildman–Crippen LogP) is 2.62. The van der Waals surface area contributed by atoms with Crippen LogP contribution in [-0.4, -0.2) is 14.7 Å². The summed E-state index contributed by atoms with van der Waals surface area (Å²) in [4.78, 5) is 23.0. The van der Waals surface area contributed by atoms with E-state index in [9.17, 15) is 14.9 Å². The Morgan fingerprint density at radius 1 is 1.16 bits per heavy atom. The molecule has 6 nitrogen and oxygen atoms in total. The number of non-ortho nitro benzene ring substituents is 1. The number of aromatic amines is 1. The molecule has 3 rings (SSSR count). The number of halogens is 2. The molecular weight excluding hydrogens is 365 g/mol. The molecule has 0 amide bonds. The third-order valence-electron chi connectivity index (χ3n) is 3.56. The second-order valence-electron chi connectivity index (χ2n) is 5.24. The summed E-state index contributed by atoms with van der Waals surface area (Å²) in [5, 5.41) is 15.1. The second kappa shape index (κ2) is 6.58. The number of rotatable bonds is 3. The van der Waals surface area contributed by atoms with Crippen molar-refractivity contribution in [1.82, 2.24) is 9.78 Å². The molecule has 0 spiro atoms. The summed E-state index contributed by atoms with van der Waals surface area (Å²) in [6, 6.07) is 10.8. The maximum absolute atomic E-state index is 12.7. The maximum Gasteiger partial charge on any atom is 0.279 e. The lowest BCUT2D eigenvalue weighted by atomic mass is 10.2. The number of H-pyrrole nitrogens is 1. The third kappa shape index (κ3) is 3.35. The zero-order chi connectivity index (χ0) is 18.1. The number of hydrogen-bond acceptors (Lipinski definition) is 3. The van der Waals surface area contributed by atoms with E-state index in [1.807, 2.05) is 0 Å². The monoisotopic (exact) mass is 375 g/mol. The van der Waals surface area contributed by atoms with Gasteiger partial charge in [-0.3, -0.25) is 20.0 Å². The first-order valence-corrected chi connectivity index (χ1v) is 7.84. The number of aromatic nitrogens is 2. The largest absolute Gasteiger partial charge is 0.291 e. The van der Waals surface area contributed by atoms with Gasteiger partial charge in [-0.05, 0) is 29.8 Å². The Morgan fingerprint density at radius 3 is 2.60 bits per heavy atom. The molecule has 0 aliphatic rings. The number of nitrogens with one attached hydrogen (secondary N) is 1. The van der Waals surface area contributed by atoms with Gasteiger partial charge in [0, 0.05) is 12.1 Å². The van der Waals surface area contributed by atoms with Crippen molar-refractivity contribution < 1.29 is 4.92 Å². The van der Waals surface area contributed by atoms with Gasteiger partial charge in [-0.2, -0.15) is 0 Å². The van der Waals surface area contributed by atoms with E-state index in [2.05, 4.69) is 11.7 Å². The van der Waals surface area contributed by atoms with Crippen molar-refractivity contribution in [3.8, 4) is 5.69 Å². The molecule has 0 radical (unpaired) electrons. The van der Waals surface area contributed by atoms with Crippen LogP contribution < -0.4 is 16.1 Å². The zero-order valence-corrected chi connectivity index (χ0v) is 14.2. The minimum Gasteiger partial charge on any atom is -0.291 e. The maximum atomic E-state index is 12.7. The van der Waals surface area contributed by atoms with Gasteiger partial charge in [0.1, 0.15) is 0 Å². The Labute approximate surface area is 151 Å². The summed E-state index contributed by atoms with van der Waals surface area (Å²) in [6.45, 7) is 3.82. The summed E-state index contributed by atoms with van der Waals surface area (Å²) >= 11 is 11.9. The molecule has 25 heavy (non-hydrogen) atoms. The Morgan fingerprint density at radius 2 is 1.92 bits per heavy atom. The van der Waals surface area contributed by atoms with E-state index >= 15 is 0 Å². The van der Waals surface area contributed by atoms with Crippen molar-refractivity contribution in [2.75, 3.05) is 0 Å². The molecular formula is C17H11Cl2N3O3. The highest BCUT2D eigenvalue weighted by atomic mass is 35.5. The Bertz CT molecular complexity index is 1150. The van der Waals surface area contributed by atoms with Crippen LogP contribution in [0.2, 0.25) is 10.0 Å². The van der Waals surface area contributed by atoms with E-state index in [1.54, 1.807) is 36.4 Å². The lowest BCUT2D eigenvalue weighted by Gasteiger charge is -2.02. The van der Waals surface area contributed by atoms with Crippen LogP contribution in [0.15, 0.2) is 47.3 Å². The van der Waals surface area contributed by atoms with Crippen molar-refractivity contribution in [2.45, 2.75) is 0 Å². The molecule has 0 unspecified atom stereocenters. The highest BCUT2D eigenvalue weighted by Crippen LogP contribution is 2.23. The van der Waals surface area contributed by atoms with Crippen molar-refractivity contribution in [3.63, 3.8) is 0 Å². The summed E-state index contributed by atoms with van der Waals surface area (Å²) < 4.78 is 1.29. The topological polar surface area (TPSA) is 80.9 Å². The Balaban J connectivity index is 2.16. The number of nitro groups is 1. The van der Waals surface area contributed by atoms with Crippen LogP contribution in [0.1, 0.15) is 5.56 Å². The molecule has 2 aromatic carbocycles. The van der Waals surface area contributed by atoms with Crippen LogP contribution in [0.5, 0.6) is 0 Å². The smallest absolute Gasteiger partial charge is 0.279 e. The van der Waals surface area contributed by atoms with Crippen LogP contribution >= 0.6 is 23.2 Å². The molecule has 1 N–H and O–H groups in total. The number of hydrogen-bond donors (Lipinski definition) is 1. The molecule has 0 bridgehead atoms. The first kappa shape index (κ1) is 17.0. The van der Waals surface area contributed by atoms with Crippen LogP contribution in [0.3, 0.4) is 0 Å². The lowest BCUT2D eigenvalue weighted by Crippen LogP contribution is -2.33. The molecule has 0 atom stereocenters. The normalized spacial score (nSPS) is 11.7.